The lowest BCUT2D eigenvalue weighted by molar-refractivity contribution is -0.147. The number of nitrogens with zero attached hydrogens (tertiary/aromatic N) is 2. The molecule has 7 rings (SSSR count). The van der Waals surface area contributed by atoms with Gasteiger partial charge >= 0.3 is 0 Å². The number of carbonyl (C=O) groups is 2. The number of ether oxygens (including phenoxy) is 2. The molecule has 8 nitrogen and oxygen atoms in total. The summed E-state index contributed by atoms with van der Waals surface area (Å²) in [7, 11) is 0. The van der Waals surface area contributed by atoms with E-state index in [1.165, 1.54) is 6.07 Å². The molecule has 2 amide bonds. The Bertz CT molecular complexity index is 1630. The van der Waals surface area contributed by atoms with Crippen LogP contribution >= 0.6 is 15.9 Å². The summed E-state index contributed by atoms with van der Waals surface area (Å²) >= 11 is 3.66. The largest absolute Gasteiger partial charge is 0.483 e. The molecule has 4 heterocycles. The van der Waals surface area contributed by atoms with E-state index >= 15 is 0 Å². The van der Waals surface area contributed by atoms with E-state index in [4.69, 9.17) is 9.47 Å². The molecule has 1 aromatic heterocycles. The molecule has 1 aliphatic carbocycles. The molecule has 3 aromatic rings. The van der Waals surface area contributed by atoms with Crippen LogP contribution in [0.3, 0.4) is 0 Å². The molecule has 1 saturated heterocycles. The molecule has 2 fully saturated rings. The maximum atomic E-state index is 14.3. The standard InChI is InChI=1S/C30H26BrF2N3O5/c31-20-12-22-30-35(18-8-9-19(11-18)41-30)29(39)25-27(40-14-15-4-2-1-3-5-15)26(37)23(24(20)36(22)25)28(38)34-13-16-6-7-17(32)10-21(16)33/h1-7,10,18-20,22,30H,8-9,11-14H2,(H,34,38)/t18?,19?,20?,22-,30-/m1/s1. The van der Waals surface area contributed by atoms with Gasteiger partial charge in [-0.3, -0.25) is 14.4 Å². The molecule has 5 atom stereocenters. The van der Waals surface area contributed by atoms with Gasteiger partial charge in [-0.25, -0.2) is 8.78 Å². The van der Waals surface area contributed by atoms with Crippen molar-refractivity contribution in [2.24, 2.45) is 0 Å². The van der Waals surface area contributed by atoms with E-state index in [0.29, 0.717) is 12.1 Å². The highest BCUT2D eigenvalue weighted by molar-refractivity contribution is 9.09. The van der Waals surface area contributed by atoms with Crippen LogP contribution in [0, 0.1) is 11.6 Å². The molecule has 1 saturated carbocycles. The molecular formula is C30H26BrF2N3O5. The number of benzene rings is 2. The first-order valence-electron chi connectivity index (χ1n) is 13.6. The molecule has 3 unspecified atom stereocenters. The Morgan fingerprint density at radius 2 is 1.90 bits per heavy atom. The van der Waals surface area contributed by atoms with Gasteiger partial charge in [0.15, 0.2) is 17.7 Å². The highest BCUT2D eigenvalue weighted by atomic mass is 79.9. The van der Waals surface area contributed by atoms with E-state index in [0.717, 1.165) is 37.0 Å². The predicted molar refractivity (Wildman–Crippen MR) is 147 cm³/mol. The van der Waals surface area contributed by atoms with Gasteiger partial charge in [0.25, 0.3) is 11.8 Å². The lowest BCUT2D eigenvalue weighted by Gasteiger charge is -2.47. The van der Waals surface area contributed by atoms with Crippen LogP contribution < -0.4 is 15.5 Å². The van der Waals surface area contributed by atoms with Crippen molar-refractivity contribution in [3.05, 3.63) is 98.5 Å². The molecule has 0 spiro atoms. The van der Waals surface area contributed by atoms with Gasteiger partial charge in [-0.05, 0) is 37.3 Å². The Labute approximate surface area is 242 Å². The van der Waals surface area contributed by atoms with Gasteiger partial charge < -0.3 is 24.3 Å². The monoisotopic (exact) mass is 625 g/mol. The maximum absolute atomic E-state index is 14.3. The van der Waals surface area contributed by atoms with Gasteiger partial charge in [-0.2, -0.15) is 0 Å². The smallest absolute Gasteiger partial charge is 0.276 e. The Balaban J connectivity index is 1.34. The van der Waals surface area contributed by atoms with Crippen LogP contribution in [0.1, 0.15) is 74.2 Å². The van der Waals surface area contributed by atoms with Crippen LogP contribution in [-0.4, -0.2) is 39.7 Å². The Hall–Kier alpha value is -3.57. The topological polar surface area (TPSA) is 89.9 Å². The fourth-order valence-corrected chi connectivity index (χ4v) is 7.50. The second-order valence-corrected chi connectivity index (χ2v) is 12.0. The Morgan fingerprint density at radius 3 is 2.68 bits per heavy atom. The van der Waals surface area contributed by atoms with Gasteiger partial charge in [0.2, 0.25) is 5.43 Å². The molecule has 0 radical (unpaired) electrons. The quantitative estimate of drug-likeness (QED) is 0.399. The second-order valence-electron chi connectivity index (χ2n) is 10.9. The van der Waals surface area contributed by atoms with Gasteiger partial charge in [0.05, 0.1) is 17.0 Å². The minimum Gasteiger partial charge on any atom is -0.483 e. The summed E-state index contributed by atoms with van der Waals surface area (Å²) in [6.07, 6.45) is 2.49. The third-order valence-corrected chi connectivity index (χ3v) is 9.32. The highest BCUT2D eigenvalue weighted by Gasteiger charge is 2.55. The zero-order chi connectivity index (χ0) is 28.4. The molecule has 11 heteroatoms. The number of fused-ring (bicyclic) bond motifs is 5. The molecular weight excluding hydrogens is 600 g/mol. The summed E-state index contributed by atoms with van der Waals surface area (Å²) in [5.41, 5.74) is 0.466. The van der Waals surface area contributed by atoms with E-state index in [-0.39, 0.29) is 59.8 Å². The van der Waals surface area contributed by atoms with Gasteiger partial charge in [0, 0.05) is 29.9 Å². The number of hydrogen-bond donors (Lipinski definition) is 1. The van der Waals surface area contributed by atoms with Crippen molar-refractivity contribution >= 4 is 27.7 Å². The second kappa shape index (κ2) is 10.1. The molecule has 212 valence electrons. The third-order valence-electron chi connectivity index (χ3n) is 8.51. The summed E-state index contributed by atoms with van der Waals surface area (Å²) in [4.78, 5) is 43.2. The Kier molecular flexibility index (Phi) is 6.46. The van der Waals surface area contributed by atoms with Crippen LogP contribution in [0.15, 0.2) is 53.3 Å². The van der Waals surface area contributed by atoms with Crippen LogP contribution in [0.25, 0.3) is 0 Å². The van der Waals surface area contributed by atoms with Crippen LogP contribution in [0.5, 0.6) is 5.75 Å². The molecule has 2 bridgehead atoms. The van der Waals surface area contributed by atoms with Crippen molar-refractivity contribution < 1.29 is 27.8 Å². The number of nitrogens with one attached hydrogen (secondary N) is 1. The van der Waals surface area contributed by atoms with Crippen LogP contribution in [0.4, 0.5) is 8.78 Å². The third kappa shape index (κ3) is 4.28. The molecule has 2 aromatic carbocycles. The normalized spacial score (nSPS) is 25.6. The summed E-state index contributed by atoms with van der Waals surface area (Å²) in [6, 6.07) is 12.0. The summed E-state index contributed by atoms with van der Waals surface area (Å²) in [5.74, 6) is -2.81. The average Bonchev–Trinajstić information content (AvgIpc) is 3.50. The maximum Gasteiger partial charge on any atom is 0.276 e. The number of alkyl halides is 1. The van der Waals surface area contributed by atoms with Gasteiger partial charge in [-0.1, -0.05) is 52.3 Å². The first kappa shape index (κ1) is 26.3. The molecule has 4 aliphatic rings. The van der Waals surface area contributed by atoms with E-state index in [1.807, 2.05) is 30.3 Å². The van der Waals surface area contributed by atoms with Crippen molar-refractivity contribution in [3.63, 3.8) is 0 Å². The first-order chi connectivity index (χ1) is 19.8. The number of amides is 2. The number of pyridine rings is 1. The minimum atomic E-state index is -0.808. The Morgan fingerprint density at radius 1 is 1.10 bits per heavy atom. The first-order valence-corrected chi connectivity index (χ1v) is 14.6. The summed E-state index contributed by atoms with van der Waals surface area (Å²) in [6.45, 7) is -0.241. The number of halogens is 3. The minimum absolute atomic E-state index is 0.0171. The van der Waals surface area contributed by atoms with Gasteiger partial charge in [-0.15, -0.1) is 0 Å². The fraction of sp³-hybridized carbons (Fsp3) is 0.367. The number of hydrogen-bond acceptors (Lipinski definition) is 5. The summed E-state index contributed by atoms with van der Waals surface area (Å²) < 4.78 is 41.9. The average molecular weight is 626 g/mol. The van der Waals surface area contributed by atoms with E-state index in [1.54, 1.807) is 9.47 Å². The SMILES string of the molecule is O=C(NCc1ccc(F)cc1F)c1c2n3c(c(OCc4ccccc4)c1=O)C(=O)N1C4CCC(C4)O[C@@H]1[C@H]3CC2Br. The van der Waals surface area contributed by atoms with Crippen LogP contribution in [0.2, 0.25) is 0 Å². The van der Waals surface area contributed by atoms with Crippen molar-refractivity contribution in [2.45, 2.75) is 68.1 Å². The van der Waals surface area contributed by atoms with Crippen molar-refractivity contribution in [1.29, 1.82) is 0 Å². The number of aromatic nitrogens is 1. The number of rotatable bonds is 6. The molecule has 41 heavy (non-hydrogen) atoms. The van der Waals surface area contributed by atoms with Crippen LogP contribution in [-0.2, 0) is 17.9 Å². The lowest BCUT2D eigenvalue weighted by Crippen LogP contribution is -2.58. The molecule has 3 aliphatic heterocycles. The summed E-state index contributed by atoms with van der Waals surface area (Å²) in [5, 5.41) is 2.61. The number of carbonyl (C=O) groups excluding carboxylic acids is 2. The highest BCUT2D eigenvalue weighted by Crippen LogP contribution is 2.52. The lowest BCUT2D eigenvalue weighted by atomic mass is 10.0. The van der Waals surface area contributed by atoms with E-state index in [9.17, 15) is 23.2 Å². The molecule has 1 N–H and O–H groups in total. The predicted octanol–water partition coefficient (Wildman–Crippen LogP) is 4.75. The zero-order valence-corrected chi connectivity index (χ0v) is 23.4. The van der Waals surface area contributed by atoms with Crippen molar-refractivity contribution in [2.75, 3.05) is 0 Å². The van der Waals surface area contributed by atoms with Crippen molar-refractivity contribution in [1.82, 2.24) is 14.8 Å². The zero-order valence-electron chi connectivity index (χ0n) is 21.8. The van der Waals surface area contributed by atoms with E-state index in [2.05, 4.69) is 21.2 Å². The van der Waals surface area contributed by atoms with Gasteiger partial charge in [0.1, 0.15) is 23.8 Å². The van der Waals surface area contributed by atoms with E-state index < -0.39 is 34.0 Å². The van der Waals surface area contributed by atoms with Crippen molar-refractivity contribution in [3.8, 4) is 5.75 Å². The fourth-order valence-electron chi connectivity index (χ4n) is 6.67.